The minimum Gasteiger partial charge on any atom is -0.461 e. The molecule has 15 heavy (non-hydrogen) atoms. The summed E-state index contributed by atoms with van der Waals surface area (Å²) < 4.78 is 14.6. The number of esters is 1. The Morgan fingerprint density at radius 3 is 2.60 bits per heavy atom. The molecule has 6 nitrogen and oxygen atoms in total. The van der Waals surface area contributed by atoms with Crippen LogP contribution in [0.3, 0.4) is 0 Å². The topological polar surface area (TPSA) is 87.9 Å². The van der Waals surface area contributed by atoms with Gasteiger partial charge in [0.2, 0.25) is 12.6 Å². The molecular weight excluding hydrogens is 202 g/mol. The Morgan fingerprint density at radius 2 is 2.20 bits per heavy atom. The van der Waals surface area contributed by atoms with Gasteiger partial charge in [-0.1, -0.05) is 0 Å². The van der Waals surface area contributed by atoms with Gasteiger partial charge in [0.25, 0.3) is 5.91 Å². The molecule has 2 N–H and O–H groups in total. The first-order chi connectivity index (χ1) is 7.14. The first kappa shape index (κ1) is 9.82. The Bertz CT molecular complexity index is 331. The van der Waals surface area contributed by atoms with Crippen molar-refractivity contribution in [3.63, 3.8) is 0 Å². The summed E-state index contributed by atoms with van der Waals surface area (Å²) in [5, 5.41) is 0. The van der Waals surface area contributed by atoms with Crippen molar-refractivity contribution in [2.45, 2.75) is 24.9 Å². The molecule has 1 aliphatic heterocycles. The second kappa shape index (κ2) is 3.45. The van der Waals surface area contributed by atoms with E-state index in [9.17, 15) is 9.59 Å². The number of ether oxygens (including phenoxy) is 3. The quantitative estimate of drug-likeness (QED) is 0.655. The molecule has 0 bridgehead atoms. The van der Waals surface area contributed by atoms with E-state index in [-0.39, 0.29) is 12.6 Å². The van der Waals surface area contributed by atoms with Crippen LogP contribution in [0, 0.1) is 0 Å². The lowest BCUT2D eigenvalue weighted by Crippen LogP contribution is -2.53. The zero-order valence-electron chi connectivity index (χ0n) is 8.02. The van der Waals surface area contributed by atoms with Crippen LogP contribution in [0.4, 0.5) is 0 Å². The van der Waals surface area contributed by atoms with Crippen molar-refractivity contribution in [2.24, 2.45) is 5.73 Å². The van der Waals surface area contributed by atoms with E-state index in [2.05, 4.69) is 0 Å². The molecule has 2 aliphatic rings. The van der Waals surface area contributed by atoms with Crippen molar-refractivity contribution in [2.75, 3.05) is 6.79 Å². The van der Waals surface area contributed by atoms with Gasteiger partial charge in [0.15, 0.2) is 5.60 Å². The summed E-state index contributed by atoms with van der Waals surface area (Å²) in [7, 11) is 0. The summed E-state index contributed by atoms with van der Waals surface area (Å²) in [5.41, 5.74) is 4.04. The van der Waals surface area contributed by atoms with Crippen LogP contribution in [0.15, 0.2) is 12.0 Å². The highest BCUT2D eigenvalue weighted by atomic mass is 16.7. The molecule has 0 aromatic rings. The Kier molecular flexibility index (Phi) is 2.26. The average Bonchev–Trinajstić information content (AvgIpc) is 2.62. The number of primary amides is 1. The van der Waals surface area contributed by atoms with Crippen LogP contribution in [-0.2, 0) is 23.8 Å². The molecule has 0 unspecified atom stereocenters. The van der Waals surface area contributed by atoms with Crippen LogP contribution in [-0.4, -0.2) is 24.3 Å². The molecule has 6 heteroatoms. The predicted octanol–water partition coefficient (Wildman–Crippen LogP) is -0.217. The van der Waals surface area contributed by atoms with Gasteiger partial charge >= 0.3 is 5.97 Å². The molecule has 1 amide bonds. The minimum atomic E-state index is -1.14. The van der Waals surface area contributed by atoms with E-state index in [0.717, 1.165) is 12.7 Å². The maximum Gasteiger partial charge on any atom is 0.378 e. The molecule has 0 saturated heterocycles. The summed E-state index contributed by atoms with van der Waals surface area (Å²) in [6.45, 7) is -0.00595. The molecule has 0 atom stereocenters. The van der Waals surface area contributed by atoms with Crippen molar-refractivity contribution < 1.29 is 23.8 Å². The number of rotatable bonds is 3. The van der Waals surface area contributed by atoms with Gasteiger partial charge in [-0.2, -0.15) is 0 Å². The standard InChI is InChI=1S/C9H11NO5/c10-8(12)9(2-1-3-9)15-7(11)6-4-13-5-14-6/h4H,1-3,5H2,(H2,10,12). The lowest BCUT2D eigenvalue weighted by atomic mass is 9.79. The molecule has 1 aliphatic carbocycles. The number of amides is 1. The normalized spacial score (nSPS) is 21.7. The third-order valence-corrected chi connectivity index (χ3v) is 2.57. The summed E-state index contributed by atoms with van der Waals surface area (Å²) >= 11 is 0. The Hall–Kier alpha value is -1.72. The van der Waals surface area contributed by atoms with Crippen LogP contribution in [0.2, 0.25) is 0 Å². The van der Waals surface area contributed by atoms with Crippen molar-refractivity contribution in [3.8, 4) is 0 Å². The molecule has 1 saturated carbocycles. The second-order valence-corrected chi connectivity index (χ2v) is 3.51. The van der Waals surface area contributed by atoms with Crippen molar-refractivity contribution in [1.82, 2.24) is 0 Å². The highest BCUT2D eigenvalue weighted by Crippen LogP contribution is 2.36. The molecule has 2 rings (SSSR count). The molecule has 0 radical (unpaired) electrons. The summed E-state index contributed by atoms with van der Waals surface area (Å²) in [5.74, 6) is -1.34. The van der Waals surface area contributed by atoms with E-state index in [1.54, 1.807) is 0 Å². The predicted molar refractivity (Wildman–Crippen MR) is 47.0 cm³/mol. The van der Waals surface area contributed by atoms with Gasteiger partial charge in [-0.3, -0.25) is 4.79 Å². The minimum absolute atomic E-state index is 0.00595. The van der Waals surface area contributed by atoms with E-state index >= 15 is 0 Å². The largest absolute Gasteiger partial charge is 0.461 e. The van der Waals surface area contributed by atoms with Gasteiger partial charge in [0.1, 0.15) is 6.26 Å². The highest BCUT2D eigenvalue weighted by molar-refractivity contribution is 5.92. The van der Waals surface area contributed by atoms with Gasteiger partial charge in [0, 0.05) is 0 Å². The second-order valence-electron chi connectivity index (χ2n) is 3.51. The van der Waals surface area contributed by atoms with Crippen molar-refractivity contribution in [3.05, 3.63) is 12.0 Å². The maximum absolute atomic E-state index is 11.5. The number of carbonyl (C=O) groups is 2. The molecule has 0 aromatic carbocycles. The van der Waals surface area contributed by atoms with Crippen LogP contribution in [0.25, 0.3) is 0 Å². The monoisotopic (exact) mass is 213 g/mol. The van der Waals surface area contributed by atoms with Crippen LogP contribution >= 0.6 is 0 Å². The third kappa shape index (κ3) is 1.62. The lowest BCUT2D eigenvalue weighted by Gasteiger charge is -2.37. The molecule has 1 heterocycles. The van der Waals surface area contributed by atoms with Gasteiger partial charge in [-0.15, -0.1) is 0 Å². The third-order valence-electron chi connectivity index (χ3n) is 2.57. The fraction of sp³-hybridized carbons (Fsp3) is 0.556. The smallest absolute Gasteiger partial charge is 0.378 e. The zero-order chi connectivity index (χ0) is 10.9. The lowest BCUT2D eigenvalue weighted by molar-refractivity contribution is -0.176. The summed E-state index contributed by atoms with van der Waals surface area (Å²) in [6.07, 6.45) is 2.94. The average molecular weight is 213 g/mol. The van der Waals surface area contributed by atoms with Gasteiger partial charge < -0.3 is 19.9 Å². The molecular formula is C9H11NO5. The van der Waals surface area contributed by atoms with Crippen LogP contribution in [0.1, 0.15) is 19.3 Å². The molecule has 82 valence electrons. The number of carbonyl (C=O) groups excluding carboxylic acids is 2. The molecule has 1 fully saturated rings. The molecule has 0 spiro atoms. The number of hydrogen-bond acceptors (Lipinski definition) is 5. The highest BCUT2D eigenvalue weighted by Gasteiger charge is 2.47. The Labute approximate surface area is 86.0 Å². The summed E-state index contributed by atoms with van der Waals surface area (Å²) in [6, 6.07) is 0. The van der Waals surface area contributed by atoms with Crippen molar-refractivity contribution >= 4 is 11.9 Å². The molecule has 0 aromatic heterocycles. The SMILES string of the molecule is NC(=O)C1(OC(=O)C2=COCO2)CCC1. The first-order valence-electron chi connectivity index (χ1n) is 4.62. The Morgan fingerprint density at radius 1 is 1.47 bits per heavy atom. The fourth-order valence-corrected chi connectivity index (χ4v) is 1.47. The maximum atomic E-state index is 11.5. The van der Waals surface area contributed by atoms with Gasteiger partial charge in [0.05, 0.1) is 0 Å². The van der Waals surface area contributed by atoms with E-state index in [0.29, 0.717) is 12.8 Å². The van der Waals surface area contributed by atoms with Gasteiger partial charge in [-0.25, -0.2) is 4.79 Å². The van der Waals surface area contributed by atoms with Crippen LogP contribution < -0.4 is 5.73 Å². The van der Waals surface area contributed by atoms with E-state index in [4.69, 9.17) is 19.9 Å². The van der Waals surface area contributed by atoms with E-state index in [1.807, 2.05) is 0 Å². The van der Waals surface area contributed by atoms with E-state index < -0.39 is 17.5 Å². The number of hydrogen-bond donors (Lipinski definition) is 1. The number of nitrogens with two attached hydrogens (primary N) is 1. The van der Waals surface area contributed by atoms with Crippen molar-refractivity contribution in [1.29, 1.82) is 0 Å². The van der Waals surface area contributed by atoms with Gasteiger partial charge in [-0.05, 0) is 19.3 Å². The first-order valence-corrected chi connectivity index (χ1v) is 4.62. The van der Waals surface area contributed by atoms with Crippen LogP contribution in [0.5, 0.6) is 0 Å². The summed E-state index contributed by atoms with van der Waals surface area (Å²) in [4.78, 5) is 22.6. The van der Waals surface area contributed by atoms with E-state index in [1.165, 1.54) is 0 Å². The Balaban J connectivity index is 2.01. The zero-order valence-corrected chi connectivity index (χ0v) is 8.02. The fourth-order valence-electron chi connectivity index (χ4n) is 1.47.